The summed E-state index contributed by atoms with van der Waals surface area (Å²) in [7, 11) is 0. The highest BCUT2D eigenvalue weighted by molar-refractivity contribution is 7.12. The molecule has 0 spiro atoms. The Bertz CT molecular complexity index is 371. The van der Waals surface area contributed by atoms with Gasteiger partial charge in [-0.25, -0.2) is 0 Å². The predicted octanol–water partition coefficient (Wildman–Crippen LogP) is 3.95. The van der Waals surface area contributed by atoms with Gasteiger partial charge in [0.2, 0.25) is 0 Å². The highest BCUT2D eigenvalue weighted by Crippen LogP contribution is 2.40. The van der Waals surface area contributed by atoms with E-state index in [4.69, 9.17) is 0 Å². The largest absolute Gasteiger partial charge is 0.388 e. The SMILES string of the molecule is C[C@H](O)c1cc2c(s1)CCC(C(C)(C)C)C2. The summed E-state index contributed by atoms with van der Waals surface area (Å²) < 4.78 is 0. The summed E-state index contributed by atoms with van der Waals surface area (Å²) in [6, 6.07) is 2.22. The van der Waals surface area contributed by atoms with Crippen molar-refractivity contribution in [3.05, 3.63) is 21.4 Å². The average Bonchev–Trinajstić information content (AvgIpc) is 2.58. The number of fused-ring (bicyclic) bond motifs is 1. The fourth-order valence-corrected chi connectivity index (χ4v) is 3.64. The van der Waals surface area contributed by atoms with Gasteiger partial charge in [0.15, 0.2) is 0 Å². The van der Waals surface area contributed by atoms with Gasteiger partial charge in [0, 0.05) is 9.75 Å². The molecule has 1 aliphatic rings. The molecule has 0 aromatic carbocycles. The summed E-state index contributed by atoms with van der Waals surface area (Å²) in [6.45, 7) is 8.87. The average molecular weight is 238 g/mol. The Morgan fingerprint density at radius 3 is 2.69 bits per heavy atom. The van der Waals surface area contributed by atoms with Gasteiger partial charge in [-0.2, -0.15) is 0 Å². The highest BCUT2D eigenvalue weighted by Gasteiger charge is 2.29. The second kappa shape index (κ2) is 4.15. The van der Waals surface area contributed by atoms with Crippen molar-refractivity contribution < 1.29 is 5.11 Å². The maximum atomic E-state index is 9.61. The van der Waals surface area contributed by atoms with Gasteiger partial charge < -0.3 is 5.11 Å². The number of hydrogen-bond acceptors (Lipinski definition) is 2. The normalized spacial score (nSPS) is 22.9. The van der Waals surface area contributed by atoms with Gasteiger partial charge in [-0.1, -0.05) is 20.8 Å². The molecule has 0 saturated heterocycles. The summed E-state index contributed by atoms with van der Waals surface area (Å²) in [5.41, 5.74) is 1.90. The van der Waals surface area contributed by atoms with Crippen LogP contribution in [0.3, 0.4) is 0 Å². The molecule has 2 heteroatoms. The molecule has 2 atom stereocenters. The minimum absolute atomic E-state index is 0.302. The van der Waals surface area contributed by atoms with E-state index >= 15 is 0 Å². The van der Waals surface area contributed by atoms with Crippen molar-refractivity contribution >= 4 is 11.3 Å². The number of aryl methyl sites for hydroxylation is 1. The smallest absolute Gasteiger partial charge is 0.0854 e. The van der Waals surface area contributed by atoms with E-state index in [1.54, 1.807) is 11.3 Å². The van der Waals surface area contributed by atoms with E-state index in [9.17, 15) is 5.11 Å². The maximum Gasteiger partial charge on any atom is 0.0854 e. The lowest BCUT2D eigenvalue weighted by Crippen LogP contribution is -2.26. The molecule has 1 nitrogen and oxygen atoms in total. The van der Waals surface area contributed by atoms with Crippen LogP contribution >= 0.6 is 11.3 Å². The van der Waals surface area contributed by atoms with Gasteiger partial charge in [0.25, 0.3) is 0 Å². The highest BCUT2D eigenvalue weighted by atomic mass is 32.1. The van der Waals surface area contributed by atoms with Crippen LogP contribution in [0.4, 0.5) is 0 Å². The third kappa shape index (κ3) is 2.33. The monoisotopic (exact) mass is 238 g/mol. The molecule has 2 rings (SSSR count). The molecular weight excluding hydrogens is 216 g/mol. The maximum absolute atomic E-state index is 9.61. The minimum atomic E-state index is -0.302. The zero-order valence-corrected chi connectivity index (χ0v) is 11.5. The summed E-state index contributed by atoms with van der Waals surface area (Å²) >= 11 is 1.81. The van der Waals surface area contributed by atoms with Crippen LogP contribution in [0, 0.1) is 11.3 Å². The van der Waals surface area contributed by atoms with E-state index in [0.29, 0.717) is 5.41 Å². The quantitative estimate of drug-likeness (QED) is 0.785. The predicted molar refractivity (Wildman–Crippen MR) is 69.9 cm³/mol. The topological polar surface area (TPSA) is 20.2 Å². The summed E-state index contributed by atoms with van der Waals surface area (Å²) in [5.74, 6) is 0.788. The molecule has 0 aliphatic heterocycles. The van der Waals surface area contributed by atoms with Gasteiger partial charge in [0.05, 0.1) is 6.10 Å². The number of aliphatic hydroxyl groups is 1. The van der Waals surface area contributed by atoms with E-state index in [0.717, 1.165) is 10.8 Å². The molecule has 1 heterocycles. The van der Waals surface area contributed by atoms with Crippen LogP contribution in [-0.2, 0) is 12.8 Å². The Kier molecular flexibility index (Phi) is 3.15. The fraction of sp³-hybridized carbons (Fsp3) is 0.714. The Morgan fingerprint density at radius 1 is 1.44 bits per heavy atom. The van der Waals surface area contributed by atoms with Crippen molar-refractivity contribution in [2.24, 2.45) is 11.3 Å². The first-order chi connectivity index (χ1) is 7.38. The van der Waals surface area contributed by atoms with Gasteiger partial charge in [-0.3, -0.25) is 0 Å². The van der Waals surface area contributed by atoms with Crippen LogP contribution in [0.2, 0.25) is 0 Å². The van der Waals surface area contributed by atoms with Crippen LogP contribution < -0.4 is 0 Å². The first-order valence-corrected chi connectivity index (χ1v) is 6.99. The van der Waals surface area contributed by atoms with Crippen LogP contribution in [0.1, 0.15) is 55.5 Å². The second-order valence-electron chi connectivity index (χ2n) is 6.08. The number of hydrogen-bond donors (Lipinski definition) is 1. The first kappa shape index (κ1) is 12.1. The summed E-state index contributed by atoms with van der Waals surface area (Å²) in [6.07, 6.45) is 3.40. The zero-order valence-electron chi connectivity index (χ0n) is 10.7. The molecule has 16 heavy (non-hydrogen) atoms. The lowest BCUT2D eigenvalue weighted by Gasteiger charge is -2.33. The van der Waals surface area contributed by atoms with E-state index in [1.165, 1.54) is 29.7 Å². The van der Waals surface area contributed by atoms with Crippen LogP contribution in [0.25, 0.3) is 0 Å². The Balaban J connectivity index is 2.21. The number of thiophene rings is 1. The van der Waals surface area contributed by atoms with Crippen molar-refractivity contribution in [3.63, 3.8) is 0 Å². The molecule has 1 aromatic rings. The summed E-state index contributed by atoms with van der Waals surface area (Å²) in [4.78, 5) is 2.65. The van der Waals surface area contributed by atoms with Gasteiger partial charge >= 0.3 is 0 Å². The number of aliphatic hydroxyl groups excluding tert-OH is 1. The van der Waals surface area contributed by atoms with E-state index in [1.807, 2.05) is 6.92 Å². The number of rotatable bonds is 1. The minimum Gasteiger partial charge on any atom is -0.388 e. The third-order valence-electron chi connectivity index (χ3n) is 3.74. The summed E-state index contributed by atoms with van der Waals surface area (Å²) in [5, 5.41) is 9.61. The zero-order chi connectivity index (χ0) is 11.9. The molecule has 0 radical (unpaired) electrons. The molecule has 0 bridgehead atoms. The fourth-order valence-electron chi connectivity index (χ4n) is 2.49. The molecular formula is C14H22OS. The van der Waals surface area contributed by atoms with E-state index < -0.39 is 0 Å². The first-order valence-electron chi connectivity index (χ1n) is 6.17. The van der Waals surface area contributed by atoms with Crippen molar-refractivity contribution in [1.82, 2.24) is 0 Å². The second-order valence-corrected chi connectivity index (χ2v) is 7.25. The van der Waals surface area contributed by atoms with E-state index in [-0.39, 0.29) is 6.10 Å². The van der Waals surface area contributed by atoms with Crippen molar-refractivity contribution in [2.75, 3.05) is 0 Å². The molecule has 1 aliphatic carbocycles. The molecule has 1 aromatic heterocycles. The lowest BCUT2D eigenvalue weighted by molar-refractivity contribution is 0.203. The molecule has 1 unspecified atom stereocenters. The van der Waals surface area contributed by atoms with Crippen LogP contribution in [0.5, 0.6) is 0 Å². The molecule has 1 N–H and O–H groups in total. The molecule has 0 fully saturated rings. The standard InChI is InChI=1S/C14H22OS/c1-9(15)13-8-10-7-11(14(2,3)4)5-6-12(10)16-13/h8-9,11,15H,5-7H2,1-4H3/t9-,11?/m0/s1. The van der Waals surface area contributed by atoms with Gasteiger partial charge in [-0.15, -0.1) is 11.3 Å². The van der Waals surface area contributed by atoms with E-state index in [2.05, 4.69) is 26.8 Å². The molecule has 0 amide bonds. The molecule has 90 valence electrons. The van der Waals surface area contributed by atoms with Crippen molar-refractivity contribution in [3.8, 4) is 0 Å². The van der Waals surface area contributed by atoms with Gasteiger partial charge in [-0.05, 0) is 49.1 Å². The molecule has 0 saturated carbocycles. The van der Waals surface area contributed by atoms with Crippen LogP contribution in [-0.4, -0.2) is 5.11 Å². The Labute approximate surface area is 103 Å². The Hall–Kier alpha value is -0.340. The van der Waals surface area contributed by atoms with Gasteiger partial charge in [0.1, 0.15) is 0 Å². The van der Waals surface area contributed by atoms with Crippen molar-refractivity contribution in [2.45, 2.75) is 53.1 Å². The van der Waals surface area contributed by atoms with Crippen molar-refractivity contribution in [1.29, 1.82) is 0 Å². The Morgan fingerprint density at radius 2 is 2.12 bits per heavy atom. The lowest BCUT2D eigenvalue weighted by atomic mass is 9.72. The van der Waals surface area contributed by atoms with Crippen LogP contribution in [0.15, 0.2) is 6.07 Å². The third-order valence-corrected chi connectivity index (χ3v) is 5.15.